The number of amides is 1. The van der Waals surface area contributed by atoms with E-state index in [1.54, 1.807) is 23.2 Å². The predicted octanol–water partition coefficient (Wildman–Crippen LogP) is 2.87. The second kappa shape index (κ2) is 10.7. The summed E-state index contributed by atoms with van der Waals surface area (Å²) in [6, 6.07) is 5.46. The molecule has 0 spiro atoms. The zero-order chi connectivity index (χ0) is 16.9. The summed E-state index contributed by atoms with van der Waals surface area (Å²) >= 11 is 6.06. The number of hydrogen-bond acceptors (Lipinski definition) is 5. The van der Waals surface area contributed by atoms with E-state index in [0.717, 1.165) is 12.8 Å². The van der Waals surface area contributed by atoms with Crippen LogP contribution in [0.2, 0.25) is 5.02 Å². The summed E-state index contributed by atoms with van der Waals surface area (Å²) < 4.78 is 0. The minimum atomic E-state index is -0.321. The van der Waals surface area contributed by atoms with E-state index in [4.69, 9.17) is 16.9 Å². The van der Waals surface area contributed by atoms with Crippen LogP contribution in [0.25, 0.3) is 0 Å². The van der Waals surface area contributed by atoms with Crippen LogP contribution in [-0.2, 0) is 4.79 Å². The zero-order valence-electron chi connectivity index (χ0n) is 14.3. The summed E-state index contributed by atoms with van der Waals surface area (Å²) in [6.45, 7) is 5.44. The van der Waals surface area contributed by atoms with Gasteiger partial charge in [-0.1, -0.05) is 11.6 Å². The Bertz CT molecular complexity index is 606. The Morgan fingerprint density at radius 1 is 1.52 bits per heavy atom. The molecule has 1 amide bonds. The molecule has 1 aromatic heterocycles. The van der Waals surface area contributed by atoms with E-state index in [2.05, 4.69) is 21.7 Å². The van der Waals surface area contributed by atoms with Gasteiger partial charge in [-0.2, -0.15) is 5.26 Å². The number of aromatic nitrogens is 1. The molecule has 0 saturated carbocycles. The van der Waals surface area contributed by atoms with Gasteiger partial charge in [0, 0.05) is 24.8 Å². The van der Waals surface area contributed by atoms with Gasteiger partial charge in [-0.25, -0.2) is 4.98 Å². The first kappa shape index (κ1) is 23.7. The molecule has 1 saturated heterocycles. The van der Waals surface area contributed by atoms with Gasteiger partial charge in [0.2, 0.25) is 5.91 Å². The Kier molecular flexibility index (Phi) is 10.1. The summed E-state index contributed by atoms with van der Waals surface area (Å²) in [7, 11) is 0. The van der Waals surface area contributed by atoms with Crippen molar-refractivity contribution in [3.8, 4) is 6.07 Å². The molecule has 140 valence electrons. The molecule has 0 aliphatic carbocycles. The van der Waals surface area contributed by atoms with Gasteiger partial charge in [0.1, 0.15) is 11.9 Å². The summed E-state index contributed by atoms with van der Waals surface area (Å²) in [5, 5.41) is 16.0. The summed E-state index contributed by atoms with van der Waals surface area (Å²) in [5.74, 6) is 0.595. The number of carbonyl (C=O) groups excluding carboxylic acids is 1. The van der Waals surface area contributed by atoms with Gasteiger partial charge in [0.15, 0.2) is 0 Å². The molecule has 1 atom stereocenters. The molecule has 2 rings (SSSR count). The first-order valence-electron chi connectivity index (χ1n) is 7.71. The average Bonchev–Trinajstić information content (AvgIpc) is 3.01. The maximum absolute atomic E-state index is 12.2. The van der Waals surface area contributed by atoms with Crippen LogP contribution < -0.4 is 10.6 Å². The van der Waals surface area contributed by atoms with Crippen molar-refractivity contribution in [2.24, 2.45) is 0 Å². The Hall–Kier alpha value is -1.26. The lowest BCUT2D eigenvalue weighted by Crippen LogP contribution is -2.50. The third kappa shape index (κ3) is 6.87. The molecule has 1 aliphatic heterocycles. The van der Waals surface area contributed by atoms with Crippen molar-refractivity contribution < 1.29 is 4.79 Å². The smallest absolute Gasteiger partial charge is 0.237 e. The van der Waals surface area contributed by atoms with E-state index in [1.165, 1.54) is 0 Å². The lowest BCUT2D eigenvalue weighted by molar-refractivity contribution is -0.130. The third-order valence-electron chi connectivity index (χ3n) is 3.90. The first-order chi connectivity index (χ1) is 10.9. The third-order valence-corrected chi connectivity index (χ3v) is 4.20. The molecule has 2 heterocycles. The molecule has 9 heteroatoms. The Balaban J connectivity index is 0.00000288. The highest BCUT2D eigenvalue weighted by molar-refractivity contribution is 6.32. The largest absolute Gasteiger partial charge is 0.367 e. The van der Waals surface area contributed by atoms with Gasteiger partial charge in [-0.05, 0) is 38.8 Å². The monoisotopic (exact) mass is 407 g/mol. The number of nitrogens with zero attached hydrogens (tertiary/aromatic N) is 3. The van der Waals surface area contributed by atoms with Crippen LogP contribution in [0.15, 0.2) is 18.3 Å². The van der Waals surface area contributed by atoms with Crippen LogP contribution in [0.4, 0.5) is 5.82 Å². The summed E-state index contributed by atoms with van der Waals surface area (Å²) in [6.07, 6.45) is 3.34. The Labute approximate surface area is 166 Å². The van der Waals surface area contributed by atoms with E-state index in [9.17, 15) is 4.79 Å². The highest BCUT2D eigenvalue weighted by Crippen LogP contribution is 2.19. The molecule has 1 aliphatic rings. The molecule has 6 nitrogen and oxygen atoms in total. The zero-order valence-corrected chi connectivity index (χ0v) is 16.7. The fourth-order valence-electron chi connectivity index (χ4n) is 2.50. The van der Waals surface area contributed by atoms with Crippen molar-refractivity contribution >= 4 is 48.1 Å². The highest BCUT2D eigenvalue weighted by atomic mass is 35.5. The maximum atomic E-state index is 12.2. The van der Waals surface area contributed by atoms with Gasteiger partial charge in [-0.15, -0.1) is 24.8 Å². The van der Waals surface area contributed by atoms with Gasteiger partial charge in [0.05, 0.1) is 17.6 Å². The molecule has 1 aromatic rings. The van der Waals surface area contributed by atoms with E-state index in [1.807, 2.05) is 13.8 Å². The second-order valence-corrected chi connectivity index (χ2v) is 6.71. The van der Waals surface area contributed by atoms with E-state index < -0.39 is 0 Å². The number of hydrogen-bond donors (Lipinski definition) is 2. The van der Waals surface area contributed by atoms with E-state index in [0.29, 0.717) is 23.9 Å². The number of halogens is 3. The van der Waals surface area contributed by atoms with Crippen molar-refractivity contribution in [3.05, 3.63) is 23.4 Å². The van der Waals surface area contributed by atoms with Gasteiger partial charge in [0.25, 0.3) is 0 Å². The minimum absolute atomic E-state index is 0. The minimum Gasteiger partial charge on any atom is -0.367 e. The molecule has 0 unspecified atom stereocenters. The quantitative estimate of drug-likeness (QED) is 0.756. The van der Waals surface area contributed by atoms with Gasteiger partial charge in [-0.3, -0.25) is 4.79 Å². The molecule has 0 radical (unpaired) electrons. The van der Waals surface area contributed by atoms with Crippen LogP contribution in [0.5, 0.6) is 0 Å². The highest BCUT2D eigenvalue weighted by Gasteiger charge is 2.29. The number of nitriles is 1. The van der Waals surface area contributed by atoms with Crippen LogP contribution in [0.1, 0.15) is 26.7 Å². The fourth-order valence-corrected chi connectivity index (χ4v) is 2.69. The molecule has 25 heavy (non-hydrogen) atoms. The lowest BCUT2D eigenvalue weighted by Gasteiger charge is -2.28. The van der Waals surface area contributed by atoms with Crippen molar-refractivity contribution in [2.45, 2.75) is 38.3 Å². The maximum Gasteiger partial charge on any atom is 0.237 e. The summed E-state index contributed by atoms with van der Waals surface area (Å²) in [4.78, 5) is 18.1. The number of nitrogens with one attached hydrogen (secondary N) is 2. The number of rotatable bonds is 6. The SMILES string of the molecule is CC(C)(CNc1ncccc1Cl)NCC(=O)N1CCC[C@H]1C#N.Cl.Cl. The Morgan fingerprint density at radius 2 is 2.24 bits per heavy atom. The molecular formula is C16H24Cl3N5O. The van der Waals surface area contributed by atoms with Crippen molar-refractivity contribution in [1.82, 2.24) is 15.2 Å². The van der Waals surface area contributed by atoms with Crippen LogP contribution in [0.3, 0.4) is 0 Å². The lowest BCUT2D eigenvalue weighted by atomic mass is 10.1. The van der Waals surface area contributed by atoms with Crippen LogP contribution in [0, 0.1) is 11.3 Å². The molecule has 0 aromatic carbocycles. The number of likely N-dealkylation sites (tertiary alicyclic amines) is 1. The van der Waals surface area contributed by atoms with Crippen LogP contribution >= 0.6 is 36.4 Å². The van der Waals surface area contributed by atoms with Gasteiger partial charge >= 0.3 is 0 Å². The van der Waals surface area contributed by atoms with Crippen LogP contribution in [-0.4, -0.2) is 47.0 Å². The number of carbonyl (C=O) groups is 1. The number of anilines is 1. The predicted molar refractivity (Wildman–Crippen MR) is 105 cm³/mol. The molecular weight excluding hydrogens is 385 g/mol. The van der Waals surface area contributed by atoms with Crippen molar-refractivity contribution in [1.29, 1.82) is 5.26 Å². The molecule has 2 N–H and O–H groups in total. The van der Waals surface area contributed by atoms with Gasteiger partial charge < -0.3 is 15.5 Å². The normalized spacial score (nSPS) is 16.4. The fraction of sp³-hybridized carbons (Fsp3) is 0.562. The molecule has 0 bridgehead atoms. The van der Waals surface area contributed by atoms with E-state index >= 15 is 0 Å². The second-order valence-electron chi connectivity index (χ2n) is 6.30. The average molecular weight is 409 g/mol. The summed E-state index contributed by atoms with van der Waals surface area (Å²) in [5.41, 5.74) is -0.321. The molecule has 1 fully saturated rings. The standard InChI is InChI=1S/C16H22ClN5O.2ClH/c1-16(2,11-20-15-13(17)6-3-7-19-15)21-10-14(23)22-8-4-5-12(22)9-18;;/h3,6-7,12,21H,4-5,8,10-11H2,1-2H3,(H,19,20);2*1H/t12-;;/m0../s1. The van der Waals surface area contributed by atoms with Crippen molar-refractivity contribution in [2.75, 3.05) is 25.0 Å². The van der Waals surface area contributed by atoms with Crippen molar-refractivity contribution in [3.63, 3.8) is 0 Å². The first-order valence-corrected chi connectivity index (χ1v) is 8.09. The number of pyridine rings is 1. The van der Waals surface area contributed by atoms with E-state index in [-0.39, 0.29) is 48.8 Å². The Morgan fingerprint density at radius 3 is 2.88 bits per heavy atom. The topological polar surface area (TPSA) is 81.1 Å².